The van der Waals surface area contributed by atoms with Crippen molar-refractivity contribution in [2.75, 3.05) is 6.61 Å². The summed E-state index contributed by atoms with van der Waals surface area (Å²) < 4.78 is 5.42. The Kier molecular flexibility index (Phi) is 5.49. The van der Waals surface area contributed by atoms with Crippen molar-refractivity contribution in [3.63, 3.8) is 0 Å². The molecule has 1 heterocycles. The Morgan fingerprint density at radius 3 is 2.18 bits per heavy atom. The third-order valence-corrected chi connectivity index (χ3v) is 3.87. The van der Waals surface area contributed by atoms with Crippen molar-refractivity contribution in [1.29, 1.82) is 0 Å². The molecule has 1 saturated heterocycles. The fraction of sp³-hybridized carbons (Fsp3) is 0.533. The van der Waals surface area contributed by atoms with Crippen molar-refractivity contribution < 1.29 is 30.0 Å². The van der Waals surface area contributed by atoms with Crippen LogP contribution in [0.5, 0.6) is 0 Å². The van der Waals surface area contributed by atoms with Gasteiger partial charge in [-0.2, -0.15) is 0 Å². The molecule has 7 nitrogen and oxygen atoms in total. The number of carbonyl (C=O) groups is 1. The van der Waals surface area contributed by atoms with Crippen LogP contribution in [0.4, 0.5) is 0 Å². The molecule has 122 valence electrons. The summed E-state index contributed by atoms with van der Waals surface area (Å²) >= 11 is 0. The Labute approximate surface area is 128 Å². The molecular weight excluding hydrogens is 290 g/mol. The van der Waals surface area contributed by atoms with Crippen molar-refractivity contribution in [3.8, 4) is 0 Å². The standard InChI is InChI=1S/C15H21NO6/c16-10(15(20)21)5-8-1-3-9(4-2-8)6-11-13(18)14(19)12(7-17)22-11/h1-4,10-14,17-19H,5-7,16H2,(H,20,21)/t10-,11-,12+,13-,14+/m0/s1. The topological polar surface area (TPSA) is 133 Å². The van der Waals surface area contributed by atoms with Gasteiger partial charge in [0.15, 0.2) is 0 Å². The van der Waals surface area contributed by atoms with Crippen LogP contribution in [0, 0.1) is 0 Å². The van der Waals surface area contributed by atoms with Crippen molar-refractivity contribution in [2.24, 2.45) is 5.73 Å². The number of hydrogen-bond donors (Lipinski definition) is 5. The molecule has 0 unspecified atom stereocenters. The van der Waals surface area contributed by atoms with Gasteiger partial charge < -0.3 is 30.9 Å². The number of carboxylic acid groups (broad SMARTS) is 1. The second-order valence-electron chi connectivity index (χ2n) is 5.55. The molecule has 7 heteroatoms. The molecule has 1 aliphatic rings. The summed E-state index contributed by atoms with van der Waals surface area (Å²) in [7, 11) is 0. The molecule has 22 heavy (non-hydrogen) atoms. The average molecular weight is 311 g/mol. The molecule has 1 aromatic carbocycles. The maximum atomic E-state index is 10.7. The number of carboxylic acids is 1. The van der Waals surface area contributed by atoms with Crippen molar-refractivity contribution in [3.05, 3.63) is 35.4 Å². The van der Waals surface area contributed by atoms with Gasteiger partial charge in [0.2, 0.25) is 0 Å². The molecule has 0 amide bonds. The number of ether oxygens (including phenoxy) is 1. The first-order valence-electron chi connectivity index (χ1n) is 7.11. The molecule has 0 radical (unpaired) electrons. The molecule has 5 atom stereocenters. The molecule has 0 spiro atoms. The molecular formula is C15H21NO6. The van der Waals surface area contributed by atoms with Crippen LogP contribution in [0.2, 0.25) is 0 Å². The van der Waals surface area contributed by atoms with Gasteiger partial charge in [-0.15, -0.1) is 0 Å². The van der Waals surface area contributed by atoms with Crippen LogP contribution in [0.15, 0.2) is 24.3 Å². The third-order valence-electron chi connectivity index (χ3n) is 3.87. The highest BCUT2D eigenvalue weighted by Gasteiger charge is 2.41. The summed E-state index contributed by atoms with van der Waals surface area (Å²) in [4.78, 5) is 10.7. The van der Waals surface area contributed by atoms with E-state index in [1.807, 2.05) is 0 Å². The molecule has 1 fully saturated rings. The van der Waals surface area contributed by atoms with Gasteiger partial charge in [0.25, 0.3) is 0 Å². The van der Waals surface area contributed by atoms with Crippen LogP contribution in [0.25, 0.3) is 0 Å². The first-order chi connectivity index (χ1) is 10.4. The lowest BCUT2D eigenvalue weighted by Gasteiger charge is -2.15. The molecule has 6 N–H and O–H groups in total. The zero-order chi connectivity index (χ0) is 16.3. The van der Waals surface area contributed by atoms with Gasteiger partial charge in [-0.1, -0.05) is 24.3 Å². The van der Waals surface area contributed by atoms with Crippen LogP contribution in [0.1, 0.15) is 11.1 Å². The first kappa shape index (κ1) is 16.9. The number of hydrogen-bond acceptors (Lipinski definition) is 6. The Bertz CT molecular complexity index is 505. The Morgan fingerprint density at radius 2 is 1.68 bits per heavy atom. The van der Waals surface area contributed by atoms with Gasteiger partial charge in [-0.25, -0.2) is 0 Å². The van der Waals surface area contributed by atoms with Crippen LogP contribution >= 0.6 is 0 Å². The largest absolute Gasteiger partial charge is 0.480 e. The van der Waals surface area contributed by atoms with E-state index in [1.165, 1.54) is 0 Å². The van der Waals surface area contributed by atoms with Crippen molar-refractivity contribution in [1.82, 2.24) is 0 Å². The normalized spacial score (nSPS) is 29.5. The molecule has 0 aromatic heterocycles. The molecule has 1 aromatic rings. The number of aliphatic hydroxyl groups is 3. The number of aliphatic hydroxyl groups excluding tert-OH is 3. The van der Waals surface area contributed by atoms with E-state index < -0.39 is 36.4 Å². The summed E-state index contributed by atoms with van der Waals surface area (Å²) in [5, 5.41) is 37.4. The number of nitrogens with two attached hydrogens (primary N) is 1. The quantitative estimate of drug-likeness (QED) is 0.439. The zero-order valence-corrected chi connectivity index (χ0v) is 12.0. The summed E-state index contributed by atoms with van der Waals surface area (Å²) in [6.45, 7) is -0.346. The highest BCUT2D eigenvalue weighted by Crippen LogP contribution is 2.24. The third kappa shape index (κ3) is 3.82. The maximum Gasteiger partial charge on any atom is 0.320 e. The molecule has 0 bridgehead atoms. The van der Waals surface area contributed by atoms with Crippen LogP contribution in [0.3, 0.4) is 0 Å². The number of aliphatic carboxylic acids is 1. The highest BCUT2D eigenvalue weighted by atomic mass is 16.6. The number of benzene rings is 1. The maximum absolute atomic E-state index is 10.7. The van der Waals surface area contributed by atoms with E-state index in [1.54, 1.807) is 24.3 Å². The Hall–Kier alpha value is -1.51. The summed E-state index contributed by atoms with van der Waals surface area (Å²) in [5.74, 6) is -1.05. The van der Waals surface area contributed by atoms with Gasteiger partial charge in [-0.3, -0.25) is 4.79 Å². The lowest BCUT2D eigenvalue weighted by molar-refractivity contribution is -0.138. The predicted molar refractivity (Wildman–Crippen MR) is 77.2 cm³/mol. The molecule has 0 saturated carbocycles. The second-order valence-corrected chi connectivity index (χ2v) is 5.55. The summed E-state index contributed by atoms with van der Waals surface area (Å²) in [6, 6.07) is 6.22. The zero-order valence-electron chi connectivity index (χ0n) is 12.0. The minimum Gasteiger partial charge on any atom is -0.480 e. The average Bonchev–Trinajstić information content (AvgIpc) is 2.77. The van der Waals surface area contributed by atoms with Crippen molar-refractivity contribution >= 4 is 5.97 Å². The first-order valence-corrected chi connectivity index (χ1v) is 7.11. The highest BCUT2D eigenvalue weighted by molar-refractivity contribution is 5.73. The van der Waals surface area contributed by atoms with Gasteiger partial charge >= 0.3 is 5.97 Å². The Balaban J connectivity index is 1.96. The molecule has 1 aliphatic heterocycles. The summed E-state index contributed by atoms with van der Waals surface area (Å²) in [6.07, 6.45) is -2.86. The van der Waals surface area contributed by atoms with Gasteiger partial charge in [0.1, 0.15) is 24.4 Å². The van der Waals surface area contributed by atoms with E-state index in [4.69, 9.17) is 20.7 Å². The second kappa shape index (κ2) is 7.17. The fourth-order valence-electron chi connectivity index (χ4n) is 2.53. The Morgan fingerprint density at radius 1 is 1.14 bits per heavy atom. The SMILES string of the molecule is N[C@@H](Cc1ccc(C[C@@H]2O[C@H](CO)[C@@H](O)[C@H]2O)cc1)C(=O)O. The predicted octanol–water partition coefficient (Wildman–Crippen LogP) is -1.33. The summed E-state index contributed by atoms with van der Waals surface area (Å²) in [5.41, 5.74) is 7.16. The number of rotatable bonds is 6. The minimum absolute atomic E-state index is 0.240. The van der Waals surface area contributed by atoms with E-state index in [-0.39, 0.29) is 13.0 Å². The van der Waals surface area contributed by atoms with E-state index in [9.17, 15) is 15.0 Å². The van der Waals surface area contributed by atoms with Gasteiger partial charge in [-0.05, 0) is 17.5 Å². The van der Waals surface area contributed by atoms with E-state index in [0.29, 0.717) is 6.42 Å². The fourth-order valence-corrected chi connectivity index (χ4v) is 2.53. The minimum atomic E-state index is -1.09. The molecule has 0 aliphatic carbocycles. The van der Waals surface area contributed by atoms with Crippen LogP contribution < -0.4 is 5.73 Å². The molecule has 2 rings (SSSR count). The van der Waals surface area contributed by atoms with Crippen LogP contribution in [-0.2, 0) is 22.4 Å². The van der Waals surface area contributed by atoms with Crippen molar-refractivity contribution in [2.45, 2.75) is 43.3 Å². The smallest absolute Gasteiger partial charge is 0.320 e. The van der Waals surface area contributed by atoms with Gasteiger partial charge in [0, 0.05) is 6.42 Å². The lowest BCUT2D eigenvalue weighted by Crippen LogP contribution is -2.34. The van der Waals surface area contributed by atoms with E-state index in [2.05, 4.69) is 0 Å². The lowest BCUT2D eigenvalue weighted by atomic mass is 9.99. The van der Waals surface area contributed by atoms with E-state index in [0.717, 1.165) is 11.1 Å². The monoisotopic (exact) mass is 311 g/mol. The van der Waals surface area contributed by atoms with E-state index >= 15 is 0 Å². The van der Waals surface area contributed by atoms with Gasteiger partial charge in [0.05, 0.1) is 12.7 Å². The van der Waals surface area contributed by atoms with Crippen LogP contribution in [-0.4, -0.2) is 63.5 Å².